The Morgan fingerprint density at radius 2 is 2.04 bits per heavy atom. The fourth-order valence-corrected chi connectivity index (χ4v) is 5.51. The van der Waals surface area contributed by atoms with E-state index in [1.54, 1.807) is 19.9 Å². The van der Waals surface area contributed by atoms with E-state index < -0.39 is 39.6 Å². The van der Waals surface area contributed by atoms with Crippen LogP contribution in [0.25, 0.3) is 0 Å². The first-order valence-electron chi connectivity index (χ1n) is 8.64. The molecule has 1 aromatic carbocycles. The van der Waals surface area contributed by atoms with Gasteiger partial charge in [0.1, 0.15) is 11.4 Å². The Balaban J connectivity index is 1.75. The molecule has 9 heteroatoms. The fourth-order valence-electron chi connectivity index (χ4n) is 3.57. The zero-order chi connectivity index (χ0) is 20.6. The topological polar surface area (TPSA) is 82.4 Å². The Bertz CT molecular complexity index is 1040. The molecule has 1 aromatic heterocycles. The maximum atomic E-state index is 13.8. The molecule has 1 atom stereocenters. The van der Waals surface area contributed by atoms with Crippen molar-refractivity contribution in [3.8, 4) is 0 Å². The summed E-state index contributed by atoms with van der Waals surface area (Å²) >= 11 is 5.82. The van der Waals surface area contributed by atoms with Crippen molar-refractivity contribution in [1.82, 2.24) is 4.57 Å². The Hall–Kier alpha value is -2.19. The van der Waals surface area contributed by atoms with E-state index in [0.29, 0.717) is 17.7 Å². The van der Waals surface area contributed by atoms with Gasteiger partial charge in [0, 0.05) is 23.0 Å². The second kappa shape index (κ2) is 7.67. The fraction of sp³-hybridized carbons (Fsp3) is 0.368. The predicted octanol–water partition coefficient (Wildman–Crippen LogP) is 3.30. The number of rotatable bonds is 5. The van der Waals surface area contributed by atoms with Crippen molar-refractivity contribution < 1.29 is 27.1 Å². The monoisotopic (exact) mass is 427 g/mol. The van der Waals surface area contributed by atoms with Crippen molar-refractivity contribution in [1.29, 1.82) is 0 Å². The number of hydrogen-bond donors (Lipinski definition) is 0. The molecular weight excluding hydrogens is 409 g/mol. The molecule has 0 amide bonds. The Kier molecular flexibility index (Phi) is 5.63. The normalized spacial score (nSPS) is 18.2. The lowest BCUT2D eigenvalue weighted by Gasteiger charge is -2.16. The maximum Gasteiger partial charge on any atom is 0.343 e. The van der Waals surface area contributed by atoms with Gasteiger partial charge < -0.3 is 9.30 Å². The van der Waals surface area contributed by atoms with Gasteiger partial charge in [-0.1, -0.05) is 17.7 Å². The van der Waals surface area contributed by atoms with Crippen LogP contribution < -0.4 is 0 Å². The highest BCUT2D eigenvalue weighted by molar-refractivity contribution is 7.91. The smallest absolute Gasteiger partial charge is 0.343 e. The van der Waals surface area contributed by atoms with Crippen LogP contribution in [0.15, 0.2) is 24.3 Å². The predicted molar refractivity (Wildman–Crippen MR) is 102 cm³/mol. The zero-order valence-electron chi connectivity index (χ0n) is 15.4. The van der Waals surface area contributed by atoms with Crippen molar-refractivity contribution in [3.63, 3.8) is 0 Å². The van der Waals surface area contributed by atoms with E-state index in [2.05, 4.69) is 0 Å². The Morgan fingerprint density at radius 3 is 2.64 bits per heavy atom. The van der Waals surface area contributed by atoms with Gasteiger partial charge in [0.2, 0.25) is 5.78 Å². The number of Topliss-reactive ketones (excluding diaryl/α,β-unsaturated/α-hetero) is 1. The SMILES string of the molecule is Cc1cc(C(=O)COC(=O)c2c(F)cccc2Cl)c(C)n1C1CCS(=O)(=O)C1. The summed E-state index contributed by atoms with van der Waals surface area (Å²) in [5.74, 6) is -2.14. The highest BCUT2D eigenvalue weighted by atomic mass is 35.5. The van der Waals surface area contributed by atoms with Gasteiger partial charge in [-0.2, -0.15) is 0 Å². The van der Waals surface area contributed by atoms with Crippen LogP contribution in [0.1, 0.15) is 44.6 Å². The number of sulfone groups is 1. The standard InChI is InChI=1S/C19H19ClFNO5S/c1-11-8-14(12(2)22(11)13-6-7-28(25,26)10-13)17(23)9-27-19(24)18-15(20)4-3-5-16(18)21/h3-5,8,13H,6-7,9-10H2,1-2H3. The number of benzene rings is 1. The van der Waals surface area contributed by atoms with Crippen molar-refractivity contribution in [2.45, 2.75) is 26.3 Å². The first-order chi connectivity index (χ1) is 13.1. The molecule has 0 spiro atoms. The summed E-state index contributed by atoms with van der Waals surface area (Å²) in [6, 6.07) is 5.22. The molecule has 28 heavy (non-hydrogen) atoms. The largest absolute Gasteiger partial charge is 0.454 e. The summed E-state index contributed by atoms with van der Waals surface area (Å²) in [6.45, 7) is 2.94. The van der Waals surface area contributed by atoms with Gasteiger partial charge >= 0.3 is 5.97 Å². The Labute approximate surface area is 167 Å². The zero-order valence-corrected chi connectivity index (χ0v) is 16.9. The first-order valence-corrected chi connectivity index (χ1v) is 10.8. The number of esters is 1. The van der Waals surface area contributed by atoms with E-state index in [1.165, 1.54) is 12.1 Å². The third-order valence-electron chi connectivity index (χ3n) is 4.86. The van der Waals surface area contributed by atoms with Crippen LogP contribution in [0, 0.1) is 19.7 Å². The molecule has 1 aliphatic heterocycles. The molecule has 0 aliphatic carbocycles. The number of ketones is 1. The van der Waals surface area contributed by atoms with Gasteiger partial charge in [0.05, 0.1) is 16.5 Å². The van der Waals surface area contributed by atoms with E-state index in [4.69, 9.17) is 16.3 Å². The van der Waals surface area contributed by atoms with Gasteiger partial charge in [-0.05, 0) is 38.5 Å². The number of nitrogens with zero attached hydrogens (tertiary/aromatic N) is 1. The Morgan fingerprint density at radius 1 is 1.32 bits per heavy atom. The third-order valence-corrected chi connectivity index (χ3v) is 6.92. The van der Waals surface area contributed by atoms with Crippen LogP contribution in [0.2, 0.25) is 5.02 Å². The van der Waals surface area contributed by atoms with Crippen LogP contribution in [0.3, 0.4) is 0 Å². The summed E-state index contributed by atoms with van der Waals surface area (Å²) in [7, 11) is -3.07. The second-order valence-corrected chi connectivity index (χ2v) is 9.44. The van der Waals surface area contributed by atoms with E-state index in [1.807, 2.05) is 4.57 Å². The minimum absolute atomic E-state index is 0.0394. The number of ether oxygens (including phenoxy) is 1. The van der Waals surface area contributed by atoms with Gasteiger partial charge in [0.25, 0.3) is 0 Å². The maximum absolute atomic E-state index is 13.8. The molecule has 6 nitrogen and oxygen atoms in total. The van der Waals surface area contributed by atoms with Gasteiger partial charge in [-0.3, -0.25) is 4.79 Å². The molecular formula is C19H19ClFNO5S. The molecule has 0 saturated carbocycles. The molecule has 2 heterocycles. The molecule has 0 bridgehead atoms. The van der Waals surface area contributed by atoms with Crippen molar-refractivity contribution >= 4 is 33.2 Å². The molecule has 1 fully saturated rings. The van der Waals surface area contributed by atoms with Crippen molar-refractivity contribution in [3.05, 3.63) is 57.6 Å². The minimum Gasteiger partial charge on any atom is -0.454 e. The van der Waals surface area contributed by atoms with Crippen LogP contribution in [0.4, 0.5) is 4.39 Å². The van der Waals surface area contributed by atoms with Crippen LogP contribution in [-0.4, -0.2) is 42.9 Å². The summed E-state index contributed by atoms with van der Waals surface area (Å²) in [4.78, 5) is 24.6. The highest BCUT2D eigenvalue weighted by Gasteiger charge is 2.32. The van der Waals surface area contributed by atoms with Crippen LogP contribution in [0.5, 0.6) is 0 Å². The molecule has 3 rings (SSSR count). The van der Waals surface area contributed by atoms with Gasteiger partial charge in [-0.15, -0.1) is 0 Å². The summed E-state index contributed by atoms with van der Waals surface area (Å²) in [5, 5.41) is -0.0990. The molecule has 0 radical (unpaired) electrons. The molecule has 0 N–H and O–H groups in total. The van der Waals surface area contributed by atoms with E-state index >= 15 is 0 Å². The molecule has 1 saturated heterocycles. The molecule has 2 aromatic rings. The number of carbonyl (C=O) groups excluding carboxylic acids is 2. The first kappa shape index (κ1) is 20.5. The molecule has 150 valence electrons. The van der Waals surface area contributed by atoms with Crippen molar-refractivity contribution in [2.24, 2.45) is 0 Å². The summed E-state index contributed by atoms with van der Waals surface area (Å²) in [6.07, 6.45) is 0.493. The molecule has 1 unspecified atom stereocenters. The lowest BCUT2D eigenvalue weighted by atomic mass is 10.1. The van der Waals surface area contributed by atoms with Crippen LogP contribution in [-0.2, 0) is 14.6 Å². The number of halogens is 2. The third kappa shape index (κ3) is 3.98. The molecule has 1 aliphatic rings. The number of aryl methyl sites for hydroxylation is 1. The number of aromatic nitrogens is 1. The average molecular weight is 428 g/mol. The summed E-state index contributed by atoms with van der Waals surface area (Å²) < 4.78 is 44.1. The minimum atomic E-state index is -3.07. The lowest BCUT2D eigenvalue weighted by Crippen LogP contribution is -2.17. The van der Waals surface area contributed by atoms with Crippen LogP contribution >= 0.6 is 11.6 Å². The van der Waals surface area contributed by atoms with E-state index in [0.717, 1.165) is 11.8 Å². The number of carbonyl (C=O) groups is 2. The van der Waals surface area contributed by atoms with E-state index in [9.17, 15) is 22.4 Å². The average Bonchev–Trinajstić information content (AvgIpc) is 3.11. The quantitative estimate of drug-likeness (QED) is 0.540. The summed E-state index contributed by atoms with van der Waals surface area (Å²) in [5.41, 5.74) is 1.30. The van der Waals surface area contributed by atoms with E-state index in [-0.39, 0.29) is 22.6 Å². The number of hydrogen-bond acceptors (Lipinski definition) is 5. The highest BCUT2D eigenvalue weighted by Crippen LogP contribution is 2.29. The van der Waals surface area contributed by atoms with Gasteiger partial charge in [0.15, 0.2) is 16.4 Å². The second-order valence-electron chi connectivity index (χ2n) is 6.81. The van der Waals surface area contributed by atoms with Crippen molar-refractivity contribution in [2.75, 3.05) is 18.1 Å². The van der Waals surface area contributed by atoms with Gasteiger partial charge in [-0.25, -0.2) is 17.6 Å². The lowest BCUT2D eigenvalue weighted by molar-refractivity contribution is 0.0470.